The maximum atomic E-state index is 10.7. The van der Waals surface area contributed by atoms with Gasteiger partial charge >= 0.3 is 0 Å². The van der Waals surface area contributed by atoms with Gasteiger partial charge in [-0.15, -0.1) is 0 Å². The Kier molecular flexibility index (Phi) is 3.47. The van der Waals surface area contributed by atoms with Crippen molar-refractivity contribution in [3.63, 3.8) is 0 Å². The summed E-state index contributed by atoms with van der Waals surface area (Å²) in [5, 5.41) is 12.3. The van der Waals surface area contributed by atoms with Crippen LogP contribution < -0.4 is 11.6 Å². The molecule has 0 heterocycles. The molecule has 0 saturated heterocycles. The second-order valence-corrected chi connectivity index (χ2v) is 4.39. The van der Waals surface area contributed by atoms with E-state index in [4.69, 9.17) is 11.6 Å². The Balaban J connectivity index is 2.17. The topological polar surface area (TPSA) is 98.4 Å². The molecule has 1 aromatic rings. The highest BCUT2D eigenvalue weighted by Gasteiger charge is 2.35. The molecular weight excluding hydrogens is 232 g/mol. The molecule has 1 aliphatic carbocycles. The Morgan fingerprint density at radius 1 is 1.44 bits per heavy atom. The van der Waals surface area contributed by atoms with Crippen LogP contribution in [0.4, 0.5) is 5.69 Å². The van der Waals surface area contributed by atoms with E-state index in [0.717, 1.165) is 18.4 Å². The maximum Gasteiger partial charge on any atom is 0.269 e. The van der Waals surface area contributed by atoms with E-state index in [1.807, 2.05) is 6.07 Å². The molecular formula is C12H16N4O2. The van der Waals surface area contributed by atoms with Crippen LogP contribution in [0.5, 0.6) is 0 Å². The fourth-order valence-corrected chi connectivity index (χ4v) is 2.31. The zero-order valence-electron chi connectivity index (χ0n) is 9.90. The normalized spacial score (nSPS) is 22.7. The minimum atomic E-state index is -0.378. The van der Waals surface area contributed by atoms with E-state index in [1.165, 1.54) is 12.3 Å². The van der Waals surface area contributed by atoms with Crippen molar-refractivity contribution in [1.82, 2.24) is 5.01 Å². The summed E-state index contributed by atoms with van der Waals surface area (Å²) in [4.78, 5) is 10.4. The molecule has 0 spiro atoms. The molecule has 1 saturated carbocycles. The predicted molar refractivity (Wildman–Crippen MR) is 68.2 cm³/mol. The SMILES string of the molecule is N/C=C\N(N)C1CCC1c1cccc([N+](=O)[O-])c1. The highest BCUT2D eigenvalue weighted by molar-refractivity contribution is 5.37. The van der Waals surface area contributed by atoms with Gasteiger partial charge in [0, 0.05) is 30.5 Å². The van der Waals surface area contributed by atoms with Gasteiger partial charge in [0.2, 0.25) is 0 Å². The van der Waals surface area contributed by atoms with Crippen LogP contribution in [0.15, 0.2) is 36.7 Å². The highest BCUT2D eigenvalue weighted by atomic mass is 16.6. The van der Waals surface area contributed by atoms with Crippen LogP contribution in [0, 0.1) is 10.1 Å². The first-order valence-electron chi connectivity index (χ1n) is 5.79. The average molecular weight is 248 g/mol. The molecule has 96 valence electrons. The first-order valence-corrected chi connectivity index (χ1v) is 5.79. The van der Waals surface area contributed by atoms with Crippen molar-refractivity contribution in [2.24, 2.45) is 11.6 Å². The lowest BCUT2D eigenvalue weighted by molar-refractivity contribution is -0.384. The van der Waals surface area contributed by atoms with Crippen molar-refractivity contribution in [3.05, 3.63) is 52.3 Å². The molecule has 0 bridgehead atoms. The van der Waals surface area contributed by atoms with E-state index in [9.17, 15) is 10.1 Å². The number of benzene rings is 1. The van der Waals surface area contributed by atoms with Gasteiger partial charge in [-0.2, -0.15) is 0 Å². The standard InChI is InChI=1S/C12H16N4O2/c13-6-7-15(14)12-5-4-11(12)9-2-1-3-10(8-9)16(17)18/h1-3,6-8,11-12H,4-5,13-14H2/b7-6-. The van der Waals surface area contributed by atoms with E-state index < -0.39 is 0 Å². The largest absolute Gasteiger partial charge is 0.403 e. The zero-order chi connectivity index (χ0) is 13.1. The number of nitro groups is 1. The van der Waals surface area contributed by atoms with E-state index in [-0.39, 0.29) is 22.6 Å². The highest BCUT2D eigenvalue weighted by Crippen LogP contribution is 2.40. The monoisotopic (exact) mass is 248 g/mol. The minimum Gasteiger partial charge on any atom is -0.403 e. The zero-order valence-corrected chi connectivity index (χ0v) is 9.90. The average Bonchev–Trinajstić information content (AvgIpc) is 2.28. The third-order valence-electron chi connectivity index (χ3n) is 3.39. The van der Waals surface area contributed by atoms with Gasteiger partial charge in [-0.3, -0.25) is 10.1 Å². The molecule has 0 radical (unpaired) electrons. The molecule has 18 heavy (non-hydrogen) atoms. The molecule has 0 amide bonds. The summed E-state index contributed by atoms with van der Waals surface area (Å²) >= 11 is 0. The van der Waals surface area contributed by atoms with E-state index in [1.54, 1.807) is 23.3 Å². The fraction of sp³-hybridized carbons (Fsp3) is 0.333. The first-order chi connectivity index (χ1) is 8.63. The summed E-state index contributed by atoms with van der Waals surface area (Å²) in [6.07, 6.45) is 4.96. The molecule has 6 nitrogen and oxygen atoms in total. The Hall–Kier alpha value is -2.08. The molecule has 6 heteroatoms. The van der Waals surface area contributed by atoms with Crippen molar-refractivity contribution in [1.29, 1.82) is 0 Å². The van der Waals surface area contributed by atoms with Crippen molar-refractivity contribution in [3.8, 4) is 0 Å². The first kappa shape index (κ1) is 12.4. The summed E-state index contributed by atoms with van der Waals surface area (Å²) in [5.74, 6) is 6.08. The van der Waals surface area contributed by atoms with Crippen LogP contribution in [-0.2, 0) is 0 Å². The fourth-order valence-electron chi connectivity index (χ4n) is 2.31. The number of hydrogen-bond donors (Lipinski definition) is 2. The Morgan fingerprint density at radius 2 is 2.22 bits per heavy atom. The van der Waals surface area contributed by atoms with Gasteiger partial charge in [0.1, 0.15) is 0 Å². The predicted octanol–water partition coefficient (Wildman–Crippen LogP) is 1.45. The minimum absolute atomic E-state index is 0.121. The summed E-state index contributed by atoms with van der Waals surface area (Å²) in [5.41, 5.74) is 6.38. The lowest BCUT2D eigenvalue weighted by Gasteiger charge is -2.41. The second kappa shape index (κ2) is 5.05. The third kappa shape index (κ3) is 2.28. The Labute approximate surface area is 105 Å². The summed E-state index contributed by atoms with van der Waals surface area (Å²) < 4.78 is 0. The molecule has 1 aromatic carbocycles. The number of nitrogens with two attached hydrogens (primary N) is 2. The number of nitro benzene ring substituents is 1. The van der Waals surface area contributed by atoms with Gasteiger partial charge in [-0.25, -0.2) is 5.84 Å². The van der Waals surface area contributed by atoms with Crippen LogP contribution in [0.2, 0.25) is 0 Å². The smallest absolute Gasteiger partial charge is 0.269 e. The van der Waals surface area contributed by atoms with E-state index >= 15 is 0 Å². The quantitative estimate of drug-likeness (QED) is 0.477. The van der Waals surface area contributed by atoms with Crippen molar-refractivity contribution >= 4 is 5.69 Å². The second-order valence-electron chi connectivity index (χ2n) is 4.39. The summed E-state index contributed by atoms with van der Waals surface area (Å²) in [7, 11) is 0. The molecule has 2 atom stereocenters. The lowest BCUT2D eigenvalue weighted by atomic mass is 9.74. The lowest BCUT2D eigenvalue weighted by Crippen LogP contribution is -2.46. The number of non-ortho nitro benzene ring substituents is 1. The van der Waals surface area contributed by atoms with Crippen molar-refractivity contribution in [2.75, 3.05) is 0 Å². The van der Waals surface area contributed by atoms with Gasteiger partial charge < -0.3 is 10.7 Å². The molecule has 1 fully saturated rings. The molecule has 1 aliphatic rings. The molecule has 4 N–H and O–H groups in total. The van der Waals surface area contributed by atoms with Crippen LogP contribution >= 0.6 is 0 Å². The number of nitrogens with zero attached hydrogens (tertiary/aromatic N) is 2. The van der Waals surface area contributed by atoms with E-state index in [0.29, 0.717) is 0 Å². The van der Waals surface area contributed by atoms with Crippen LogP contribution in [0.25, 0.3) is 0 Å². The maximum absolute atomic E-state index is 10.7. The molecule has 2 unspecified atom stereocenters. The van der Waals surface area contributed by atoms with Gasteiger partial charge in [0.15, 0.2) is 0 Å². The third-order valence-corrected chi connectivity index (χ3v) is 3.39. The number of rotatable bonds is 4. The number of hydrogen-bond acceptors (Lipinski definition) is 5. The van der Waals surface area contributed by atoms with Gasteiger partial charge in [0.05, 0.1) is 11.0 Å². The Morgan fingerprint density at radius 3 is 2.78 bits per heavy atom. The molecule has 0 aliphatic heterocycles. The molecule has 2 rings (SSSR count). The van der Waals surface area contributed by atoms with Crippen molar-refractivity contribution < 1.29 is 4.92 Å². The van der Waals surface area contributed by atoms with E-state index in [2.05, 4.69) is 0 Å². The van der Waals surface area contributed by atoms with Crippen LogP contribution in [-0.4, -0.2) is 16.0 Å². The molecule has 0 aromatic heterocycles. The van der Waals surface area contributed by atoms with Crippen LogP contribution in [0.3, 0.4) is 0 Å². The van der Waals surface area contributed by atoms with Gasteiger partial charge in [0.25, 0.3) is 5.69 Å². The van der Waals surface area contributed by atoms with Crippen LogP contribution in [0.1, 0.15) is 24.3 Å². The van der Waals surface area contributed by atoms with Gasteiger partial charge in [-0.1, -0.05) is 12.1 Å². The summed E-state index contributed by atoms with van der Waals surface area (Å²) in [6, 6.07) is 6.90. The summed E-state index contributed by atoms with van der Waals surface area (Å²) in [6.45, 7) is 0. The van der Waals surface area contributed by atoms with Crippen molar-refractivity contribution in [2.45, 2.75) is 24.8 Å². The number of hydrazine groups is 1. The van der Waals surface area contributed by atoms with Gasteiger partial charge in [-0.05, 0) is 18.4 Å². The Bertz CT molecular complexity index is 475.